The van der Waals surface area contributed by atoms with E-state index in [1.807, 2.05) is 0 Å². The maximum Gasteiger partial charge on any atom is 0.141 e. The second kappa shape index (κ2) is 5.73. The quantitative estimate of drug-likeness (QED) is 0.713. The Hall–Kier alpha value is -1.72. The van der Waals surface area contributed by atoms with Crippen molar-refractivity contribution in [1.82, 2.24) is 0 Å². The van der Waals surface area contributed by atoms with Crippen LogP contribution in [-0.2, 0) is 4.74 Å². The summed E-state index contributed by atoms with van der Waals surface area (Å²) in [6.45, 7) is -0.476. The standard InChI is InChI=1S/C13H14FNO5/c1-19-9-2-6(4-15)8(14)3-7(9)13-12(18)11(17)10(5-16)20-13/h2-3,10-13,16-18H,5H2,1H3/t10-,11?,12+,13+/m1/s1. The van der Waals surface area contributed by atoms with Crippen LogP contribution in [0.15, 0.2) is 12.1 Å². The largest absolute Gasteiger partial charge is 0.496 e. The van der Waals surface area contributed by atoms with Crippen LogP contribution in [0.4, 0.5) is 4.39 Å². The number of aliphatic hydroxyl groups excluding tert-OH is 3. The molecule has 20 heavy (non-hydrogen) atoms. The van der Waals surface area contributed by atoms with E-state index in [1.54, 1.807) is 6.07 Å². The first-order valence-corrected chi connectivity index (χ1v) is 5.93. The van der Waals surface area contributed by atoms with Crippen molar-refractivity contribution < 1.29 is 29.2 Å². The van der Waals surface area contributed by atoms with Gasteiger partial charge in [0.05, 0.1) is 19.3 Å². The van der Waals surface area contributed by atoms with Gasteiger partial charge in [0.2, 0.25) is 0 Å². The van der Waals surface area contributed by atoms with Crippen molar-refractivity contribution >= 4 is 0 Å². The van der Waals surface area contributed by atoms with Gasteiger partial charge in [-0.05, 0) is 6.07 Å². The zero-order valence-corrected chi connectivity index (χ0v) is 10.7. The van der Waals surface area contributed by atoms with Crippen LogP contribution in [0.25, 0.3) is 0 Å². The molecule has 1 aliphatic rings. The third kappa shape index (κ3) is 2.34. The summed E-state index contributed by atoms with van der Waals surface area (Å²) in [6, 6.07) is 3.90. The van der Waals surface area contributed by atoms with E-state index >= 15 is 0 Å². The average molecular weight is 283 g/mol. The Morgan fingerprint density at radius 3 is 2.60 bits per heavy atom. The van der Waals surface area contributed by atoms with Gasteiger partial charge >= 0.3 is 0 Å². The van der Waals surface area contributed by atoms with Gasteiger partial charge in [-0.25, -0.2) is 4.39 Å². The number of nitriles is 1. The third-order valence-corrected chi connectivity index (χ3v) is 3.29. The molecule has 0 radical (unpaired) electrons. The number of halogens is 1. The van der Waals surface area contributed by atoms with Crippen molar-refractivity contribution in [2.75, 3.05) is 13.7 Å². The Labute approximate surface area is 114 Å². The van der Waals surface area contributed by atoms with Crippen molar-refractivity contribution in [3.05, 3.63) is 29.1 Å². The van der Waals surface area contributed by atoms with Crippen molar-refractivity contribution in [2.45, 2.75) is 24.4 Å². The van der Waals surface area contributed by atoms with Crippen LogP contribution in [-0.4, -0.2) is 47.3 Å². The minimum Gasteiger partial charge on any atom is -0.496 e. The summed E-state index contributed by atoms with van der Waals surface area (Å²) in [6.07, 6.45) is -4.61. The number of methoxy groups -OCH3 is 1. The second-order valence-corrected chi connectivity index (χ2v) is 4.44. The lowest BCUT2D eigenvalue weighted by molar-refractivity contribution is -0.0233. The highest BCUT2D eigenvalue weighted by Gasteiger charge is 2.44. The number of nitrogens with zero attached hydrogens (tertiary/aromatic N) is 1. The average Bonchev–Trinajstić information content (AvgIpc) is 2.74. The van der Waals surface area contributed by atoms with Crippen molar-refractivity contribution in [2.24, 2.45) is 0 Å². The normalized spacial score (nSPS) is 29.2. The van der Waals surface area contributed by atoms with Crippen molar-refractivity contribution in [3.8, 4) is 11.8 Å². The van der Waals surface area contributed by atoms with Gasteiger partial charge in [0.25, 0.3) is 0 Å². The molecule has 1 aliphatic heterocycles. The Bertz CT molecular complexity index is 544. The lowest BCUT2D eigenvalue weighted by atomic mass is 9.99. The molecule has 0 bridgehead atoms. The molecule has 1 unspecified atom stereocenters. The highest BCUT2D eigenvalue weighted by Crippen LogP contribution is 2.38. The SMILES string of the molecule is COc1cc(C#N)c(F)cc1[C@@H]1O[C@H](CO)C(O)[C@@H]1O. The Balaban J connectivity index is 2.43. The van der Waals surface area contributed by atoms with E-state index in [1.165, 1.54) is 13.2 Å². The van der Waals surface area contributed by atoms with Crippen LogP contribution in [0.3, 0.4) is 0 Å². The molecule has 1 aromatic carbocycles. The maximum absolute atomic E-state index is 13.7. The molecular formula is C13H14FNO5. The van der Waals surface area contributed by atoms with Crippen molar-refractivity contribution in [3.63, 3.8) is 0 Å². The van der Waals surface area contributed by atoms with Crippen LogP contribution in [0.5, 0.6) is 5.75 Å². The third-order valence-electron chi connectivity index (χ3n) is 3.29. The fraction of sp³-hybridized carbons (Fsp3) is 0.462. The van der Waals surface area contributed by atoms with Gasteiger partial charge in [0, 0.05) is 11.6 Å². The number of benzene rings is 1. The summed E-state index contributed by atoms with van der Waals surface area (Å²) >= 11 is 0. The molecule has 0 saturated carbocycles. The minimum atomic E-state index is -1.33. The van der Waals surface area contributed by atoms with Crippen LogP contribution >= 0.6 is 0 Å². The molecule has 0 aliphatic carbocycles. The van der Waals surface area contributed by atoms with Crippen LogP contribution in [0.2, 0.25) is 0 Å². The number of hydrogen-bond donors (Lipinski definition) is 3. The molecule has 0 amide bonds. The molecule has 0 aromatic heterocycles. The van der Waals surface area contributed by atoms with E-state index < -0.39 is 36.8 Å². The first-order valence-electron chi connectivity index (χ1n) is 5.93. The molecule has 2 rings (SSSR count). The Morgan fingerprint density at radius 1 is 1.40 bits per heavy atom. The van der Waals surface area contributed by atoms with Gasteiger partial charge in [0.15, 0.2) is 0 Å². The Kier molecular flexibility index (Phi) is 4.20. The molecule has 4 atom stereocenters. The summed E-state index contributed by atoms with van der Waals surface area (Å²) in [7, 11) is 1.33. The maximum atomic E-state index is 13.7. The van der Waals surface area contributed by atoms with Gasteiger partial charge in [-0.15, -0.1) is 0 Å². The Morgan fingerprint density at radius 2 is 2.10 bits per heavy atom. The highest BCUT2D eigenvalue weighted by atomic mass is 19.1. The highest BCUT2D eigenvalue weighted by molar-refractivity contribution is 5.45. The molecule has 1 heterocycles. The summed E-state index contributed by atoms with van der Waals surface area (Å²) in [4.78, 5) is 0. The lowest BCUT2D eigenvalue weighted by Crippen LogP contribution is -2.32. The molecule has 108 valence electrons. The van der Waals surface area contributed by atoms with E-state index in [0.717, 1.165) is 6.07 Å². The summed E-state index contributed by atoms with van der Waals surface area (Å²) in [5.41, 5.74) is -0.0242. The molecule has 1 fully saturated rings. The lowest BCUT2D eigenvalue weighted by Gasteiger charge is -2.18. The summed E-state index contributed by atoms with van der Waals surface area (Å²) in [5.74, 6) is -0.612. The van der Waals surface area contributed by atoms with E-state index in [9.17, 15) is 14.6 Å². The van der Waals surface area contributed by atoms with Crippen molar-refractivity contribution in [1.29, 1.82) is 5.26 Å². The van der Waals surface area contributed by atoms with Gasteiger partial charge in [-0.2, -0.15) is 5.26 Å². The zero-order valence-electron chi connectivity index (χ0n) is 10.7. The monoisotopic (exact) mass is 283 g/mol. The van der Waals surface area contributed by atoms with Crippen LogP contribution in [0, 0.1) is 17.1 Å². The zero-order chi connectivity index (χ0) is 14.9. The number of ether oxygens (including phenoxy) is 2. The first-order chi connectivity index (χ1) is 9.53. The molecule has 3 N–H and O–H groups in total. The van der Waals surface area contributed by atoms with E-state index in [-0.39, 0.29) is 16.9 Å². The minimum absolute atomic E-state index is 0.165. The fourth-order valence-electron chi connectivity index (χ4n) is 2.21. The van der Waals surface area contributed by atoms with E-state index in [4.69, 9.17) is 19.8 Å². The molecule has 0 spiro atoms. The summed E-state index contributed by atoms with van der Waals surface area (Å²) in [5, 5.41) is 37.4. The summed E-state index contributed by atoms with van der Waals surface area (Å²) < 4.78 is 24.1. The van der Waals surface area contributed by atoms with Gasteiger partial charge < -0.3 is 24.8 Å². The predicted octanol–water partition coefficient (Wildman–Crippen LogP) is -0.140. The fourth-order valence-corrected chi connectivity index (χ4v) is 2.21. The number of aliphatic hydroxyl groups is 3. The van der Waals surface area contributed by atoms with Gasteiger partial charge in [0.1, 0.15) is 42.1 Å². The molecular weight excluding hydrogens is 269 g/mol. The molecule has 6 nitrogen and oxygen atoms in total. The van der Waals surface area contributed by atoms with Gasteiger partial charge in [-0.1, -0.05) is 0 Å². The predicted molar refractivity (Wildman–Crippen MR) is 64.4 cm³/mol. The first kappa shape index (κ1) is 14.7. The van der Waals surface area contributed by atoms with Crippen LogP contribution < -0.4 is 4.74 Å². The van der Waals surface area contributed by atoms with E-state index in [0.29, 0.717) is 0 Å². The van der Waals surface area contributed by atoms with Crippen LogP contribution in [0.1, 0.15) is 17.2 Å². The number of hydrogen-bond acceptors (Lipinski definition) is 6. The molecule has 1 aromatic rings. The smallest absolute Gasteiger partial charge is 0.141 e. The van der Waals surface area contributed by atoms with E-state index in [2.05, 4.69) is 0 Å². The molecule has 7 heteroatoms. The molecule has 1 saturated heterocycles. The number of rotatable bonds is 3. The second-order valence-electron chi connectivity index (χ2n) is 4.44. The van der Waals surface area contributed by atoms with Gasteiger partial charge in [-0.3, -0.25) is 0 Å². The topological polar surface area (TPSA) is 103 Å².